The summed E-state index contributed by atoms with van der Waals surface area (Å²) >= 11 is 1.80. The van der Waals surface area contributed by atoms with E-state index >= 15 is 0 Å². The van der Waals surface area contributed by atoms with Crippen LogP contribution in [0.25, 0.3) is 10.2 Å². The van der Waals surface area contributed by atoms with Crippen molar-refractivity contribution in [1.29, 1.82) is 0 Å². The molecule has 164 valence electrons. The highest BCUT2D eigenvalue weighted by atomic mass is 32.1. The van der Waals surface area contributed by atoms with Crippen molar-refractivity contribution in [3.8, 4) is 0 Å². The Labute approximate surface area is 182 Å². The van der Waals surface area contributed by atoms with Crippen LogP contribution in [0.2, 0.25) is 0 Å². The third-order valence-corrected chi connectivity index (χ3v) is 6.98. The van der Waals surface area contributed by atoms with Gasteiger partial charge in [0.2, 0.25) is 0 Å². The Morgan fingerprint density at radius 1 is 1.27 bits per heavy atom. The third kappa shape index (κ3) is 5.03. The Kier molecular flexibility index (Phi) is 6.16. The van der Waals surface area contributed by atoms with Crippen LogP contribution in [0.3, 0.4) is 0 Å². The summed E-state index contributed by atoms with van der Waals surface area (Å²) in [6.45, 7) is 8.89. The van der Waals surface area contributed by atoms with Crippen LogP contribution in [0.15, 0.2) is 0 Å². The third-order valence-electron chi connectivity index (χ3n) is 5.79. The molecule has 0 spiro atoms. The fourth-order valence-electron chi connectivity index (χ4n) is 4.51. The molecule has 1 saturated heterocycles. The van der Waals surface area contributed by atoms with Gasteiger partial charge in [-0.3, -0.25) is 4.90 Å². The van der Waals surface area contributed by atoms with Crippen LogP contribution in [-0.4, -0.2) is 46.2 Å². The lowest BCUT2D eigenvalue weighted by Gasteiger charge is -2.32. The minimum atomic E-state index is -0.473. The van der Waals surface area contributed by atoms with E-state index in [0.717, 1.165) is 54.8 Å². The second kappa shape index (κ2) is 8.67. The van der Waals surface area contributed by atoms with E-state index in [1.165, 1.54) is 23.3 Å². The normalized spacial score (nSPS) is 20.2. The minimum Gasteiger partial charge on any atom is -0.444 e. The smallest absolute Gasteiger partial charge is 0.407 e. The van der Waals surface area contributed by atoms with Crippen molar-refractivity contribution in [1.82, 2.24) is 20.2 Å². The summed E-state index contributed by atoms with van der Waals surface area (Å²) in [7, 11) is 0. The lowest BCUT2D eigenvalue weighted by atomic mass is 9.97. The number of hydrogen-bond donors (Lipinski definition) is 2. The molecule has 30 heavy (non-hydrogen) atoms. The van der Waals surface area contributed by atoms with E-state index in [2.05, 4.69) is 15.2 Å². The molecule has 0 saturated carbocycles. The molecule has 4 rings (SSSR count). The zero-order chi connectivity index (χ0) is 21.3. The molecule has 1 amide bonds. The molecule has 3 heterocycles. The molecule has 1 unspecified atom stereocenters. The first kappa shape index (κ1) is 21.3. The molecule has 1 aliphatic carbocycles. The fraction of sp³-hybridized carbons (Fsp3) is 0.682. The van der Waals surface area contributed by atoms with Gasteiger partial charge < -0.3 is 15.8 Å². The van der Waals surface area contributed by atoms with E-state index in [0.29, 0.717) is 24.8 Å². The number of nitrogens with zero attached hydrogens (tertiary/aromatic N) is 3. The lowest BCUT2D eigenvalue weighted by molar-refractivity contribution is 0.0505. The highest BCUT2D eigenvalue weighted by Crippen LogP contribution is 2.37. The SMILES string of the molecule is CC(C)(C)OC(=O)NCC1CCCN(Cc2nc(N)c3c4c(sc3n2)CCCC4)C1. The first-order chi connectivity index (χ1) is 14.3. The average molecular weight is 432 g/mol. The monoisotopic (exact) mass is 431 g/mol. The molecule has 0 bridgehead atoms. The summed E-state index contributed by atoms with van der Waals surface area (Å²) < 4.78 is 5.34. The average Bonchev–Trinajstić information content (AvgIpc) is 3.04. The van der Waals surface area contributed by atoms with Crippen LogP contribution >= 0.6 is 11.3 Å². The summed E-state index contributed by atoms with van der Waals surface area (Å²) in [4.78, 5) is 26.3. The van der Waals surface area contributed by atoms with Gasteiger partial charge in [-0.25, -0.2) is 14.8 Å². The van der Waals surface area contributed by atoms with Gasteiger partial charge in [-0.1, -0.05) is 0 Å². The largest absolute Gasteiger partial charge is 0.444 e. The van der Waals surface area contributed by atoms with E-state index in [4.69, 9.17) is 15.5 Å². The number of piperidine rings is 1. The minimum absolute atomic E-state index is 0.345. The molecule has 1 atom stereocenters. The van der Waals surface area contributed by atoms with Crippen LogP contribution in [0.4, 0.5) is 10.6 Å². The number of aryl methyl sites for hydroxylation is 2. The van der Waals surface area contributed by atoms with Gasteiger partial charge in [0.15, 0.2) is 0 Å². The number of amides is 1. The number of nitrogens with one attached hydrogen (secondary N) is 1. The van der Waals surface area contributed by atoms with E-state index < -0.39 is 5.60 Å². The van der Waals surface area contributed by atoms with Gasteiger partial charge in [0.25, 0.3) is 0 Å². The van der Waals surface area contributed by atoms with Gasteiger partial charge in [0.05, 0.1) is 11.9 Å². The van der Waals surface area contributed by atoms with Crippen molar-refractivity contribution >= 4 is 33.5 Å². The Balaban J connectivity index is 1.38. The number of ether oxygens (including phenoxy) is 1. The van der Waals surface area contributed by atoms with Crippen molar-refractivity contribution < 1.29 is 9.53 Å². The van der Waals surface area contributed by atoms with Crippen LogP contribution < -0.4 is 11.1 Å². The molecule has 3 N–H and O–H groups in total. The molecule has 0 aromatic carbocycles. The number of likely N-dealkylation sites (tertiary alicyclic amines) is 1. The number of aromatic nitrogens is 2. The molecule has 2 aromatic rings. The maximum Gasteiger partial charge on any atom is 0.407 e. The number of nitrogens with two attached hydrogens (primary N) is 1. The van der Waals surface area contributed by atoms with Crippen LogP contribution in [0.5, 0.6) is 0 Å². The van der Waals surface area contributed by atoms with Crippen LogP contribution in [0, 0.1) is 5.92 Å². The topological polar surface area (TPSA) is 93.4 Å². The number of thiophene rings is 1. The summed E-state index contributed by atoms with van der Waals surface area (Å²) in [5, 5.41) is 4.01. The molecule has 1 aliphatic heterocycles. The maximum atomic E-state index is 11.9. The highest BCUT2D eigenvalue weighted by Gasteiger charge is 2.24. The molecule has 8 heteroatoms. The van der Waals surface area contributed by atoms with E-state index in [1.54, 1.807) is 11.3 Å². The van der Waals surface area contributed by atoms with Gasteiger partial charge in [-0.15, -0.1) is 11.3 Å². The first-order valence-electron chi connectivity index (χ1n) is 11.0. The van der Waals surface area contributed by atoms with Gasteiger partial charge in [-0.05, 0) is 77.3 Å². The Hall–Kier alpha value is -1.93. The Bertz CT molecular complexity index is 920. The second-order valence-corrected chi connectivity index (χ2v) is 10.6. The number of fused-ring (bicyclic) bond motifs is 3. The quantitative estimate of drug-likeness (QED) is 0.763. The van der Waals surface area contributed by atoms with Crippen molar-refractivity contribution in [2.24, 2.45) is 5.92 Å². The lowest BCUT2D eigenvalue weighted by Crippen LogP contribution is -2.42. The van der Waals surface area contributed by atoms with E-state index in [1.807, 2.05) is 20.8 Å². The Morgan fingerprint density at radius 3 is 2.87 bits per heavy atom. The number of anilines is 1. The number of nitrogen functional groups attached to an aromatic ring is 1. The van der Waals surface area contributed by atoms with Crippen molar-refractivity contribution in [3.05, 3.63) is 16.3 Å². The van der Waals surface area contributed by atoms with Crippen LogP contribution in [-0.2, 0) is 24.1 Å². The fourth-order valence-corrected chi connectivity index (χ4v) is 5.79. The number of carbonyl (C=O) groups excluding carboxylic acids is 1. The summed E-state index contributed by atoms with van der Waals surface area (Å²) in [6.07, 6.45) is 6.59. The van der Waals surface area contributed by atoms with Crippen molar-refractivity contribution in [3.63, 3.8) is 0 Å². The van der Waals surface area contributed by atoms with Gasteiger partial charge in [-0.2, -0.15) is 0 Å². The number of rotatable bonds is 4. The second-order valence-electron chi connectivity index (χ2n) is 9.54. The van der Waals surface area contributed by atoms with Crippen molar-refractivity contribution in [2.45, 2.75) is 71.4 Å². The van der Waals surface area contributed by atoms with Crippen molar-refractivity contribution in [2.75, 3.05) is 25.4 Å². The summed E-state index contributed by atoms with van der Waals surface area (Å²) in [5.41, 5.74) is 7.28. The molecule has 2 aliphatic rings. The molecule has 2 aromatic heterocycles. The molecular formula is C22H33N5O2S. The Morgan fingerprint density at radius 2 is 2.07 bits per heavy atom. The van der Waals surface area contributed by atoms with E-state index in [9.17, 15) is 4.79 Å². The zero-order valence-corrected chi connectivity index (χ0v) is 19.1. The number of alkyl carbamates (subject to hydrolysis) is 1. The van der Waals surface area contributed by atoms with Gasteiger partial charge >= 0.3 is 6.09 Å². The highest BCUT2D eigenvalue weighted by molar-refractivity contribution is 7.19. The van der Waals surface area contributed by atoms with Crippen LogP contribution in [0.1, 0.15) is 62.7 Å². The standard InChI is InChI=1S/C22H33N5O2S/c1-22(2,3)29-21(28)24-11-14-7-6-10-27(12-14)13-17-25-19(23)18-15-8-4-5-9-16(15)30-20(18)26-17/h14H,4-13H2,1-3H3,(H,24,28)(H2,23,25,26). The predicted octanol–water partition coefficient (Wildman–Crippen LogP) is 3.89. The summed E-state index contributed by atoms with van der Waals surface area (Å²) in [6, 6.07) is 0. The van der Waals surface area contributed by atoms with E-state index in [-0.39, 0.29) is 6.09 Å². The predicted molar refractivity (Wildman–Crippen MR) is 121 cm³/mol. The number of carbonyl (C=O) groups is 1. The van der Waals surface area contributed by atoms with Gasteiger partial charge in [0, 0.05) is 18.0 Å². The molecule has 0 radical (unpaired) electrons. The number of hydrogen-bond acceptors (Lipinski definition) is 7. The zero-order valence-electron chi connectivity index (χ0n) is 18.3. The molecule has 1 fully saturated rings. The van der Waals surface area contributed by atoms with Gasteiger partial charge in [0.1, 0.15) is 22.1 Å². The maximum absolute atomic E-state index is 11.9. The molecule has 7 nitrogen and oxygen atoms in total. The first-order valence-corrected chi connectivity index (χ1v) is 11.9. The summed E-state index contributed by atoms with van der Waals surface area (Å²) in [5.74, 6) is 1.84. The molecular weight excluding hydrogens is 398 g/mol.